The average Bonchev–Trinajstić information content (AvgIpc) is 2.74. The normalized spacial score (nSPS) is 20.4. The van der Waals surface area contributed by atoms with Gasteiger partial charge in [0.05, 0.1) is 11.4 Å². The molecular formula is C24H24ClFN2O. The molecule has 1 heterocycles. The van der Waals surface area contributed by atoms with E-state index in [2.05, 4.69) is 10.3 Å². The summed E-state index contributed by atoms with van der Waals surface area (Å²) in [5, 5.41) is 4.77. The van der Waals surface area contributed by atoms with E-state index in [9.17, 15) is 9.18 Å². The maximum absolute atomic E-state index is 13.7. The van der Waals surface area contributed by atoms with Crippen LogP contribution in [0.2, 0.25) is 5.02 Å². The number of carbonyl (C=O) groups is 1. The van der Waals surface area contributed by atoms with E-state index in [-0.39, 0.29) is 23.7 Å². The van der Waals surface area contributed by atoms with Crippen LogP contribution in [0.5, 0.6) is 0 Å². The van der Waals surface area contributed by atoms with Crippen molar-refractivity contribution >= 4 is 28.4 Å². The van der Waals surface area contributed by atoms with Gasteiger partial charge in [-0.2, -0.15) is 0 Å². The number of rotatable bonds is 4. The predicted octanol–water partition coefficient (Wildman–Crippen LogP) is 5.97. The molecule has 0 radical (unpaired) electrons. The number of hydrogen-bond acceptors (Lipinski definition) is 2. The number of fused-ring (bicyclic) bond motifs is 1. The summed E-state index contributed by atoms with van der Waals surface area (Å²) in [5.74, 6) is -0.0302. The van der Waals surface area contributed by atoms with Gasteiger partial charge in [-0.25, -0.2) is 4.39 Å². The summed E-state index contributed by atoms with van der Waals surface area (Å²) >= 11 is 5.94. The quantitative estimate of drug-likeness (QED) is 0.575. The van der Waals surface area contributed by atoms with Gasteiger partial charge in [0.25, 0.3) is 0 Å². The Morgan fingerprint density at radius 3 is 2.55 bits per heavy atom. The number of benzene rings is 2. The van der Waals surface area contributed by atoms with Gasteiger partial charge in [-0.05, 0) is 86.1 Å². The number of carbonyl (C=O) groups excluding carboxylic acids is 1. The van der Waals surface area contributed by atoms with E-state index in [0.29, 0.717) is 10.9 Å². The topological polar surface area (TPSA) is 42.0 Å². The molecule has 1 atom stereocenters. The van der Waals surface area contributed by atoms with Crippen molar-refractivity contribution in [1.29, 1.82) is 0 Å². The first-order chi connectivity index (χ1) is 14.0. The summed E-state index contributed by atoms with van der Waals surface area (Å²) in [6, 6.07) is 14.4. The summed E-state index contributed by atoms with van der Waals surface area (Å²) in [6.45, 7) is 1.92. The molecule has 1 aromatic heterocycles. The molecule has 4 rings (SSSR count). The lowest BCUT2D eigenvalue weighted by molar-refractivity contribution is -0.123. The van der Waals surface area contributed by atoms with Gasteiger partial charge in [0.15, 0.2) is 0 Å². The van der Waals surface area contributed by atoms with E-state index in [1.165, 1.54) is 6.07 Å². The molecule has 1 saturated carbocycles. The summed E-state index contributed by atoms with van der Waals surface area (Å²) < 4.78 is 13.7. The lowest BCUT2D eigenvalue weighted by atomic mass is 9.80. The third-order valence-electron chi connectivity index (χ3n) is 6.01. The Morgan fingerprint density at radius 2 is 1.83 bits per heavy atom. The highest BCUT2D eigenvalue weighted by atomic mass is 35.5. The van der Waals surface area contributed by atoms with Crippen molar-refractivity contribution in [3.63, 3.8) is 0 Å². The molecule has 0 spiro atoms. The molecule has 29 heavy (non-hydrogen) atoms. The van der Waals surface area contributed by atoms with E-state index >= 15 is 0 Å². The predicted molar refractivity (Wildman–Crippen MR) is 115 cm³/mol. The van der Waals surface area contributed by atoms with Crippen LogP contribution in [0.15, 0.2) is 54.7 Å². The van der Waals surface area contributed by atoms with Gasteiger partial charge < -0.3 is 5.32 Å². The van der Waals surface area contributed by atoms with Gasteiger partial charge >= 0.3 is 0 Å². The van der Waals surface area contributed by atoms with Crippen molar-refractivity contribution in [3.8, 4) is 0 Å². The Bertz CT molecular complexity index is 1010. The first-order valence-electron chi connectivity index (χ1n) is 10.1. The average molecular weight is 411 g/mol. The zero-order valence-corrected chi connectivity index (χ0v) is 17.1. The molecular weight excluding hydrogens is 387 g/mol. The van der Waals surface area contributed by atoms with E-state index in [1.54, 1.807) is 18.3 Å². The Morgan fingerprint density at radius 1 is 1.10 bits per heavy atom. The SMILES string of the molecule is CC(C(=O)NC1CCC(c2ccnc3ccc(F)cc23)CC1)c1ccc(Cl)cc1. The minimum absolute atomic E-state index is 0.0483. The fourth-order valence-electron chi connectivity index (χ4n) is 4.27. The van der Waals surface area contributed by atoms with Crippen molar-refractivity contribution in [2.75, 3.05) is 0 Å². The number of nitrogens with zero attached hydrogens (tertiary/aromatic N) is 1. The van der Waals surface area contributed by atoms with Crippen LogP contribution in [-0.4, -0.2) is 16.9 Å². The molecule has 3 aromatic rings. The molecule has 1 unspecified atom stereocenters. The molecule has 1 amide bonds. The molecule has 2 aromatic carbocycles. The van der Waals surface area contributed by atoms with Crippen molar-refractivity contribution in [2.45, 2.75) is 50.5 Å². The smallest absolute Gasteiger partial charge is 0.227 e. The van der Waals surface area contributed by atoms with Gasteiger partial charge in [-0.3, -0.25) is 9.78 Å². The van der Waals surface area contributed by atoms with Crippen LogP contribution < -0.4 is 5.32 Å². The summed E-state index contributed by atoms with van der Waals surface area (Å²) in [6.07, 6.45) is 5.58. The molecule has 0 saturated heterocycles. The maximum Gasteiger partial charge on any atom is 0.227 e. The maximum atomic E-state index is 13.7. The number of halogens is 2. The first-order valence-corrected chi connectivity index (χ1v) is 10.5. The summed E-state index contributed by atoms with van der Waals surface area (Å²) in [7, 11) is 0. The number of amides is 1. The van der Waals surface area contributed by atoms with Gasteiger partial charge in [-0.1, -0.05) is 23.7 Å². The Hall–Kier alpha value is -2.46. The molecule has 0 bridgehead atoms. The molecule has 1 aliphatic carbocycles. The Kier molecular flexibility index (Phi) is 5.81. The third-order valence-corrected chi connectivity index (χ3v) is 6.27. The highest BCUT2D eigenvalue weighted by Gasteiger charge is 2.26. The second-order valence-corrected chi connectivity index (χ2v) is 8.33. The zero-order chi connectivity index (χ0) is 20.4. The summed E-state index contributed by atoms with van der Waals surface area (Å²) in [4.78, 5) is 17.0. The highest BCUT2D eigenvalue weighted by molar-refractivity contribution is 6.30. The van der Waals surface area contributed by atoms with Crippen LogP contribution >= 0.6 is 11.6 Å². The van der Waals surface area contributed by atoms with Crippen LogP contribution in [0.4, 0.5) is 4.39 Å². The minimum Gasteiger partial charge on any atom is -0.353 e. The number of aromatic nitrogens is 1. The van der Waals surface area contributed by atoms with Crippen LogP contribution in [0, 0.1) is 5.82 Å². The van der Waals surface area contributed by atoms with Crippen LogP contribution in [-0.2, 0) is 4.79 Å². The molecule has 0 aliphatic heterocycles. The number of pyridine rings is 1. The highest BCUT2D eigenvalue weighted by Crippen LogP contribution is 2.36. The van der Waals surface area contributed by atoms with Gasteiger partial charge in [0.2, 0.25) is 5.91 Å². The molecule has 1 N–H and O–H groups in total. The van der Waals surface area contributed by atoms with Crippen molar-refractivity contribution in [3.05, 3.63) is 76.7 Å². The molecule has 150 valence electrons. The number of nitrogens with one attached hydrogen (secondary N) is 1. The second kappa shape index (κ2) is 8.50. The fourth-order valence-corrected chi connectivity index (χ4v) is 4.40. The molecule has 1 fully saturated rings. The molecule has 1 aliphatic rings. The van der Waals surface area contributed by atoms with Crippen LogP contribution in [0.3, 0.4) is 0 Å². The van der Waals surface area contributed by atoms with E-state index in [4.69, 9.17) is 11.6 Å². The van der Waals surface area contributed by atoms with Gasteiger partial charge in [0, 0.05) is 22.6 Å². The molecule has 3 nitrogen and oxygen atoms in total. The number of hydrogen-bond donors (Lipinski definition) is 1. The third kappa shape index (κ3) is 4.43. The second-order valence-electron chi connectivity index (χ2n) is 7.89. The van der Waals surface area contributed by atoms with Crippen molar-refractivity contribution in [1.82, 2.24) is 10.3 Å². The summed E-state index contributed by atoms with van der Waals surface area (Å²) in [5.41, 5.74) is 2.95. The van der Waals surface area contributed by atoms with Crippen molar-refractivity contribution in [2.24, 2.45) is 0 Å². The fraction of sp³-hybridized carbons (Fsp3) is 0.333. The van der Waals surface area contributed by atoms with E-state index in [1.807, 2.05) is 37.3 Å². The van der Waals surface area contributed by atoms with Gasteiger partial charge in [-0.15, -0.1) is 0 Å². The molecule has 5 heteroatoms. The van der Waals surface area contributed by atoms with E-state index < -0.39 is 0 Å². The van der Waals surface area contributed by atoms with Crippen LogP contribution in [0.1, 0.15) is 55.6 Å². The van der Waals surface area contributed by atoms with Gasteiger partial charge in [0.1, 0.15) is 5.82 Å². The largest absolute Gasteiger partial charge is 0.353 e. The van der Waals surface area contributed by atoms with E-state index in [0.717, 1.165) is 47.7 Å². The lowest BCUT2D eigenvalue weighted by Crippen LogP contribution is -2.39. The Balaban J connectivity index is 1.39. The zero-order valence-electron chi connectivity index (χ0n) is 16.4. The minimum atomic E-state index is -0.233. The monoisotopic (exact) mass is 410 g/mol. The Labute approximate surface area is 175 Å². The first kappa shape index (κ1) is 19.8. The lowest BCUT2D eigenvalue weighted by Gasteiger charge is -2.30. The van der Waals surface area contributed by atoms with Crippen LogP contribution in [0.25, 0.3) is 10.9 Å². The van der Waals surface area contributed by atoms with Crippen molar-refractivity contribution < 1.29 is 9.18 Å². The standard InChI is InChI=1S/C24H24ClFN2O/c1-15(16-2-6-18(25)7-3-16)24(29)28-20-9-4-17(5-10-20)21-12-13-27-23-11-8-19(26)14-22(21)23/h2-3,6-8,11-15,17,20H,4-5,9-10H2,1H3,(H,28,29).